The van der Waals surface area contributed by atoms with Crippen LogP contribution in [0.1, 0.15) is 32.6 Å². The molecule has 2 rings (SSSR count). The molecule has 1 unspecified atom stereocenters. The van der Waals surface area contributed by atoms with Crippen LogP contribution in [0.25, 0.3) is 0 Å². The number of halogens is 2. The van der Waals surface area contributed by atoms with Gasteiger partial charge in [0, 0.05) is 17.1 Å². The van der Waals surface area contributed by atoms with Crippen molar-refractivity contribution in [2.24, 2.45) is 0 Å². The van der Waals surface area contributed by atoms with Gasteiger partial charge in [0.2, 0.25) is 0 Å². The second kappa shape index (κ2) is 6.92. The first-order valence-corrected chi connectivity index (χ1v) is 8.09. The summed E-state index contributed by atoms with van der Waals surface area (Å²) in [4.78, 5) is 0. The fourth-order valence-corrected chi connectivity index (χ4v) is 3.43. The summed E-state index contributed by atoms with van der Waals surface area (Å²) < 4.78 is 7.97. The first-order chi connectivity index (χ1) is 8.65. The summed E-state index contributed by atoms with van der Waals surface area (Å²) in [6, 6.07) is 6.69. The van der Waals surface area contributed by atoms with Crippen LogP contribution in [-0.2, 0) is 0 Å². The quantitative estimate of drug-likeness (QED) is 0.816. The van der Waals surface area contributed by atoms with Crippen molar-refractivity contribution in [2.75, 3.05) is 6.54 Å². The molecule has 0 aliphatic heterocycles. The topological polar surface area (TPSA) is 21.3 Å². The van der Waals surface area contributed by atoms with E-state index in [1.54, 1.807) is 0 Å². The predicted molar refractivity (Wildman–Crippen MR) is 82.2 cm³/mol. The number of rotatable bonds is 5. The maximum Gasteiger partial charge on any atom is 0.134 e. The Morgan fingerprint density at radius 1 is 1.33 bits per heavy atom. The number of hydrogen-bond acceptors (Lipinski definition) is 2. The van der Waals surface area contributed by atoms with E-state index in [1.807, 2.05) is 18.2 Å². The molecule has 0 amide bonds. The van der Waals surface area contributed by atoms with Crippen molar-refractivity contribution in [1.82, 2.24) is 5.32 Å². The van der Waals surface area contributed by atoms with Gasteiger partial charge in [0.1, 0.15) is 11.9 Å². The lowest BCUT2D eigenvalue weighted by atomic mass is 10.2. The number of benzene rings is 1. The van der Waals surface area contributed by atoms with Crippen LogP contribution in [0.3, 0.4) is 0 Å². The molecule has 1 aromatic rings. The summed E-state index contributed by atoms with van der Waals surface area (Å²) in [7, 11) is 0. The highest BCUT2D eigenvalue weighted by atomic mass is 79.9. The minimum absolute atomic E-state index is 0.183. The molecule has 1 fully saturated rings. The van der Waals surface area contributed by atoms with E-state index in [-0.39, 0.29) is 6.10 Å². The van der Waals surface area contributed by atoms with Crippen LogP contribution in [0.2, 0.25) is 0 Å². The molecule has 0 heterocycles. The molecule has 100 valence electrons. The first kappa shape index (κ1) is 14.4. The summed E-state index contributed by atoms with van der Waals surface area (Å²) in [6.45, 7) is 3.02. The lowest BCUT2D eigenvalue weighted by molar-refractivity contribution is 0.210. The molecule has 0 saturated heterocycles. The molecule has 18 heavy (non-hydrogen) atoms. The lowest BCUT2D eigenvalue weighted by Gasteiger charge is -2.19. The molecule has 1 atom stereocenters. The van der Waals surface area contributed by atoms with Gasteiger partial charge in [-0.05, 0) is 53.9 Å². The number of ether oxygens (including phenoxy) is 1. The summed E-state index contributed by atoms with van der Waals surface area (Å²) >= 11 is 6.96. The molecule has 0 spiro atoms. The van der Waals surface area contributed by atoms with Gasteiger partial charge in [-0.2, -0.15) is 0 Å². The van der Waals surface area contributed by atoms with Gasteiger partial charge < -0.3 is 10.1 Å². The van der Waals surface area contributed by atoms with Crippen LogP contribution < -0.4 is 10.1 Å². The maximum atomic E-state index is 5.93. The van der Waals surface area contributed by atoms with Crippen LogP contribution >= 0.6 is 31.9 Å². The average molecular weight is 377 g/mol. The maximum absolute atomic E-state index is 5.93. The van der Waals surface area contributed by atoms with Crippen molar-refractivity contribution in [2.45, 2.75) is 44.8 Å². The predicted octanol–water partition coefficient (Wildman–Crippen LogP) is 4.51. The van der Waals surface area contributed by atoms with E-state index in [2.05, 4.69) is 44.1 Å². The Kier molecular flexibility index (Phi) is 5.52. The highest BCUT2D eigenvalue weighted by Crippen LogP contribution is 2.29. The van der Waals surface area contributed by atoms with Crippen LogP contribution in [0.5, 0.6) is 5.75 Å². The summed E-state index contributed by atoms with van der Waals surface area (Å²) in [5.74, 6) is 0.902. The standard InChI is InChI=1S/C14H19Br2NO/c1-10(9-17-12-4-2-3-5-12)18-14-7-6-11(15)8-13(14)16/h6-8,10,12,17H,2-5,9H2,1H3. The largest absolute Gasteiger partial charge is 0.488 e. The van der Waals surface area contributed by atoms with Crippen molar-refractivity contribution >= 4 is 31.9 Å². The SMILES string of the molecule is CC(CNC1CCCC1)Oc1ccc(Br)cc1Br. The molecule has 0 radical (unpaired) electrons. The third-order valence-corrected chi connectivity index (χ3v) is 4.38. The molecule has 1 aliphatic rings. The van der Waals surface area contributed by atoms with E-state index in [1.165, 1.54) is 25.7 Å². The molecule has 2 nitrogen and oxygen atoms in total. The lowest BCUT2D eigenvalue weighted by Crippen LogP contribution is -2.35. The van der Waals surface area contributed by atoms with E-state index in [0.29, 0.717) is 6.04 Å². The number of nitrogens with one attached hydrogen (secondary N) is 1. The van der Waals surface area contributed by atoms with Crippen molar-refractivity contribution < 1.29 is 4.74 Å². The van der Waals surface area contributed by atoms with Crippen molar-refractivity contribution in [1.29, 1.82) is 0 Å². The molecule has 1 aliphatic carbocycles. The zero-order valence-corrected chi connectivity index (χ0v) is 13.8. The van der Waals surface area contributed by atoms with Crippen LogP contribution in [-0.4, -0.2) is 18.7 Å². The summed E-state index contributed by atoms with van der Waals surface area (Å²) in [6.07, 6.45) is 5.54. The Bertz CT molecular complexity index is 391. The molecular weight excluding hydrogens is 358 g/mol. The van der Waals surface area contributed by atoms with Crippen molar-refractivity contribution in [3.8, 4) is 5.75 Å². The average Bonchev–Trinajstić information content (AvgIpc) is 2.83. The van der Waals surface area contributed by atoms with E-state index < -0.39 is 0 Å². The van der Waals surface area contributed by atoms with Gasteiger partial charge in [-0.15, -0.1) is 0 Å². The Morgan fingerprint density at radius 3 is 2.72 bits per heavy atom. The van der Waals surface area contributed by atoms with Gasteiger partial charge in [-0.3, -0.25) is 0 Å². The normalized spacial score (nSPS) is 17.9. The third kappa shape index (κ3) is 4.25. The Hall–Kier alpha value is -0.0600. The molecule has 1 N–H and O–H groups in total. The molecule has 1 aromatic carbocycles. The smallest absolute Gasteiger partial charge is 0.134 e. The van der Waals surface area contributed by atoms with Gasteiger partial charge in [0.05, 0.1) is 4.47 Å². The van der Waals surface area contributed by atoms with E-state index >= 15 is 0 Å². The second-order valence-electron chi connectivity index (χ2n) is 4.89. The van der Waals surface area contributed by atoms with Gasteiger partial charge in [0.15, 0.2) is 0 Å². The van der Waals surface area contributed by atoms with E-state index in [9.17, 15) is 0 Å². The second-order valence-corrected chi connectivity index (χ2v) is 6.66. The minimum Gasteiger partial charge on any atom is -0.488 e. The monoisotopic (exact) mass is 375 g/mol. The third-order valence-electron chi connectivity index (χ3n) is 3.27. The molecule has 0 aromatic heterocycles. The van der Waals surface area contributed by atoms with E-state index in [4.69, 9.17) is 4.74 Å². The first-order valence-electron chi connectivity index (χ1n) is 6.50. The summed E-state index contributed by atoms with van der Waals surface area (Å²) in [5, 5.41) is 3.58. The highest BCUT2D eigenvalue weighted by Gasteiger charge is 2.15. The minimum atomic E-state index is 0.183. The van der Waals surface area contributed by atoms with Crippen molar-refractivity contribution in [3.63, 3.8) is 0 Å². The summed E-state index contributed by atoms with van der Waals surface area (Å²) in [5.41, 5.74) is 0. The van der Waals surface area contributed by atoms with Gasteiger partial charge in [-0.1, -0.05) is 28.8 Å². The molecular formula is C14H19Br2NO. The van der Waals surface area contributed by atoms with Crippen LogP contribution in [0.4, 0.5) is 0 Å². The van der Waals surface area contributed by atoms with Crippen molar-refractivity contribution in [3.05, 3.63) is 27.1 Å². The van der Waals surface area contributed by atoms with E-state index in [0.717, 1.165) is 21.2 Å². The Morgan fingerprint density at radius 2 is 2.06 bits per heavy atom. The fourth-order valence-electron chi connectivity index (χ4n) is 2.29. The Balaban J connectivity index is 1.80. The van der Waals surface area contributed by atoms with Crippen LogP contribution in [0, 0.1) is 0 Å². The highest BCUT2D eigenvalue weighted by molar-refractivity contribution is 9.11. The zero-order valence-electron chi connectivity index (χ0n) is 10.6. The molecule has 1 saturated carbocycles. The van der Waals surface area contributed by atoms with Gasteiger partial charge in [0.25, 0.3) is 0 Å². The van der Waals surface area contributed by atoms with Crippen LogP contribution in [0.15, 0.2) is 27.1 Å². The zero-order chi connectivity index (χ0) is 13.0. The fraction of sp³-hybridized carbons (Fsp3) is 0.571. The van der Waals surface area contributed by atoms with Gasteiger partial charge in [-0.25, -0.2) is 0 Å². The molecule has 0 bridgehead atoms. The van der Waals surface area contributed by atoms with Gasteiger partial charge >= 0.3 is 0 Å². The molecule has 4 heteroatoms. The number of hydrogen-bond donors (Lipinski definition) is 1. The Labute approximate surface area is 126 Å².